The number of nitrogens with one attached hydrogen (secondary N) is 1. The van der Waals surface area contributed by atoms with Gasteiger partial charge in [0.05, 0.1) is 32.0 Å². The number of ether oxygens (including phenoxy) is 4. The zero-order chi connectivity index (χ0) is 68.0. The van der Waals surface area contributed by atoms with Crippen molar-refractivity contribution in [2.75, 3.05) is 19.8 Å². The van der Waals surface area contributed by atoms with E-state index >= 15 is 0 Å². The number of aliphatic hydroxyl groups is 8. The van der Waals surface area contributed by atoms with E-state index in [-0.39, 0.29) is 18.9 Å². The lowest BCUT2D eigenvalue weighted by Crippen LogP contribution is -2.65. The molecule has 2 fully saturated rings. The minimum atomic E-state index is -1.79. The van der Waals surface area contributed by atoms with Crippen LogP contribution in [0.4, 0.5) is 0 Å². The Balaban J connectivity index is 1.55. The van der Waals surface area contributed by atoms with Gasteiger partial charge in [-0.3, -0.25) is 4.79 Å². The van der Waals surface area contributed by atoms with Gasteiger partial charge in [-0.15, -0.1) is 0 Å². The van der Waals surface area contributed by atoms with E-state index < -0.39 is 86.8 Å². The van der Waals surface area contributed by atoms with Gasteiger partial charge in [-0.25, -0.2) is 0 Å². The molecule has 2 aliphatic heterocycles. The van der Waals surface area contributed by atoms with Crippen LogP contribution in [0, 0.1) is 0 Å². The van der Waals surface area contributed by atoms with Crippen LogP contribution >= 0.6 is 0 Å². The van der Waals surface area contributed by atoms with Crippen LogP contribution in [-0.4, -0.2) is 140 Å². The molecule has 2 heterocycles. The Morgan fingerprint density at radius 3 is 0.979 bits per heavy atom. The van der Waals surface area contributed by atoms with Crippen molar-refractivity contribution in [2.24, 2.45) is 0 Å². The summed E-state index contributed by atoms with van der Waals surface area (Å²) in [6.07, 6.45) is 66.1. The van der Waals surface area contributed by atoms with Crippen molar-refractivity contribution in [2.45, 2.75) is 473 Å². The topological polar surface area (TPSA) is 228 Å². The monoisotopic (exact) mass is 1340 g/mol. The summed E-state index contributed by atoms with van der Waals surface area (Å²) < 4.78 is 22.9. The normalized spacial score (nSPS) is 22.4. The van der Waals surface area contributed by atoms with Crippen LogP contribution in [0.3, 0.4) is 0 Å². The summed E-state index contributed by atoms with van der Waals surface area (Å²) in [5.74, 6) is -0.229. The summed E-state index contributed by atoms with van der Waals surface area (Å²) in [6.45, 7) is 2.87. The van der Waals surface area contributed by atoms with Gasteiger partial charge in [0, 0.05) is 6.42 Å². The summed E-state index contributed by atoms with van der Waals surface area (Å²) in [6, 6.07) is -0.912. The molecule has 0 spiro atoms. The van der Waals surface area contributed by atoms with Gasteiger partial charge in [-0.2, -0.15) is 0 Å². The van der Waals surface area contributed by atoms with Crippen molar-refractivity contribution >= 4 is 5.91 Å². The first kappa shape index (κ1) is 88.8. The van der Waals surface area contributed by atoms with E-state index in [1.165, 1.54) is 334 Å². The molecule has 1 amide bonds. The predicted octanol–water partition coefficient (Wildman–Crippen LogP) is 18.5. The molecule has 0 saturated carbocycles. The van der Waals surface area contributed by atoms with E-state index in [0.29, 0.717) is 0 Å². The number of carbonyl (C=O) groups is 1. The number of hydrogen-bond donors (Lipinski definition) is 9. The SMILES string of the molecule is CCCCCCCCCCCCCCCCCCCC/C=C/C(O)C(COC1OC(CO)C(OC2OC(CO)C(O)C(O)C2O)C(O)C1O)NC(=O)CCCCCCCCCCCCCCCCCCCCCCCCCCCCCCCCCCCCCCCCCC. The molecule has 0 aromatic rings. The van der Waals surface area contributed by atoms with Gasteiger partial charge in [0.1, 0.15) is 48.8 Å². The first-order valence-corrected chi connectivity index (χ1v) is 40.9. The van der Waals surface area contributed by atoms with E-state index in [2.05, 4.69) is 19.2 Å². The molecular weight excluding hydrogens is 1180 g/mol. The Labute approximate surface area is 577 Å². The number of allylic oxidation sites excluding steroid dienone is 1. The average Bonchev–Trinajstić information content (AvgIpc) is 0.794. The highest BCUT2D eigenvalue weighted by Crippen LogP contribution is 2.30. The molecule has 94 heavy (non-hydrogen) atoms. The fourth-order valence-electron chi connectivity index (χ4n) is 14.0. The van der Waals surface area contributed by atoms with Crippen molar-refractivity contribution in [3.8, 4) is 0 Å². The number of aliphatic hydroxyl groups excluding tert-OH is 8. The van der Waals surface area contributed by atoms with E-state index in [4.69, 9.17) is 18.9 Å². The molecule has 0 radical (unpaired) electrons. The standard InChI is InChI=1S/C80H155NO13/c1-3-5-7-9-11-13-15-17-19-21-23-25-26-27-28-29-30-31-32-33-34-35-36-37-38-39-40-41-42-43-44-46-48-50-52-54-56-58-60-62-64-72(85)81-68(69(84)63-61-59-57-55-53-51-49-47-45-24-22-20-18-16-14-12-10-8-6-4-2)67-91-79-77(90)75(88)78(71(66-83)93-79)94-80-76(89)74(87)73(86)70(65-82)92-80/h61,63,68-71,73-80,82-84,86-90H,3-60,62,64-67H2,1-2H3,(H,81,85)/b63-61+. The average molecular weight is 1340 g/mol. The molecule has 0 bridgehead atoms. The molecule has 14 nitrogen and oxygen atoms in total. The van der Waals surface area contributed by atoms with Crippen LogP contribution in [0.2, 0.25) is 0 Å². The van der Waals surface area contributed by atoms with Crippen LogP contribution in [-0.2, 0) is 23.7 Å². The fraction of sp³-hybridized carbons (Fsp3) is 0.963. The smallest absolute Gasteiger partial charge is 0.220 e. The summed E-state index contributed by atoms with van der Waals surface area (Å²) in [5, 5.41) is 87.6. The van der Waals surface area contributed by atoms with Crippen LogP contribution < -0.4 is 5.32 Å². The number of rotatable bonds is 70. The molecule has 2 rings (SSSR count). The van der Waals surface area contributed by atoms with Gasteiger partial charge in [0.15, 0.2) is 12.6 Å². The van der Waals surface area contributed by atoms with Gasteiger partial charge in [0.2, 0.25) is 5.91 Å². The molecular formula is C80H155NO13. The van der Waals surface area contributed by atoms with Crippen LogP contribution in [0.15, 0.2) is 12.2 Å². The molecule has 9 N–H and O–H groups in total. The maximum Gasteiger partial charge on any atom is 0.220 e. The number of hydrogen-bond acceptors (Lipinski definition) is 13. The molecule has 0 aromatic heterocycles. The second kappa shape index (κ2) is 65.1. The van der Waals surface area contributed by atoms with Gasteiger partial charge >= 0.3 is 0 Å². The first-order valence-electron chi connectivity index (χ1n) is 40.9. The Kier molecular flexibility index (Phi) is 61.5. The van der Waals surface area contributed by atoms with Gasteiger partial charge in [-0.05, 0) is 19.3 Å². The Bertz CT molecular complexity index is 1620. The quantitative estimate of drug-likeness (QED) is 0.0204. The van der Waals surface area contributed by atoms with Gasteiger partial charge < -0.3 is 65.1 Å². The van der Waals surface area contributed by atoms with Crippen molar-refractivity contribution in [1.82, 2.24) is 5.32 Å². The maximum absolute atomic E-state index is 13.4. The molecule has 0 aliphatic carbocycles. The Hall–Kier alpha value is -1.27. The molecule has 2 aliphatic rings. The fourth-order valence-corrected chi connectivity index (χ4v) is 14.0. The Morgan fingerprint density at radius 1 is 0.372 bits per heavy atom. The van der Waals surface area contributed by atoms with E-state index in [0.717, 1.165) is 44.9 Å². The van der Waals surface area contributed by atoms with E-state index in [1.54, 1.807) is 6.08 Å². The number of unbranched alkanes of at least 4 members (excludes halogenated alkanes) is 57. The second-order valence-corrected chi connectivity index (χ2v) is 29.3. The summed E-state index contributed by atoms with van der Waals surface area (Å²) >= 11 is 0. The van der Waals surface area contributed by atoms with E-state index in [1.807, 2.05) is 6.08 Å². The van der Waals surface area contributed by atoms with Crippen LogP contribution in [0.5, 0.6) is 0 Å². The van der Waals surface area contributed by atoms with Crippen molar-refractivity contribution < 1.29 is 64.6 Å². The van der Waals surface area contributed by atoms with Crippen LogP contribution in [0.25, 0.3) is 0 Å². The highest BCUT2D eigenvalue weighted by molar-refractivity contribution is 5.76. The summed E-state index contributed by atoms with van der Waals surface area (Å²) in [4.78, 5) is 13.4. The maximum atomic E-state index is 13.4. The Morgan fingerprint density at radius 2 is 0.660 bits per heavy atom. The molecule has 2 saturated heterocycles. The third-order valence-electron chi connectivity index (χ3n) is 20.5. The van der Waals surface area contributed by atoms with Crippen LogP contribution in [0.1, 0.15) is 399 Å². The number of carbonyl (C=O) groups excluding carboxylic acids is 1. The third kappa shape index (κ3) is 47.7. The largest absolute Gasteiger partial charge is 0.394 e. The lowest BCUT2D eigenvalue weighted by molar-refractivity contribution is -0.359. The minimum Gasteiger partial charge on any atom is -0.394 e. The predicted molar refractivity (Wildman–Crippen MR) is 388 cm³/mol. The summed E-state index contributed by atoms with van der Waals surface area (Å²) in [7, 11) is 0. The molecule has 558 valence electrons. The summed E-state index contributed by atoms with van der Waals surface area (Å²) in [5.41, 5.74) is 0. The van der Waals surface area contributed by atoms with E-state index in [9.17, 15) is 45.6 Å². The molecule has 12 atom stereocenters. The highest BCUT2D eigenvalue weighted by atomic mass is 16.7. The second-order valence-electron chi connectivity index (χ2n) is 29.3. The lowest BCUT2D eigenvalue weighted by Gasteiger charge is -2.46. The third-order valence-corrected chi connectivity index (χ3v) is 20.5. The zero-order valence-corrected chi connectivity index (χ0v) is 61.2. The molecule has 0 aromatic carbocycles. The first-order chi connectivity index (χ1) is 46.1. The number of amides is 1. The van der Waals surface area contributed by atoms with Gasteiger partial charge in [0.25, 0.3) is 0 Å². The minimum absolute atomic E-state index is 0.229. The zero-order valence-electron chi connectivity index (χ0n) is 61.2. The van der Waals surface area contributed by atoms with Crippen molar-refractivity contribution in [3.05, 3.63) is 12.2 Å². The van der Waals surface area contributed by atoms with Gasteiger partial charge in [-0.1, -0.05) is 386 Å². The molecule has 14 heteroatoms. The molecule has 12 unspecified atom stereocenters. The van der Waals surface area contributed by atoms with Crippen molar-refractivity contribution in [3.63, 3.8) is 0 Å². The lowest BCUT2D eigenvalue weighted by atomic mass is 9.97. The van der Waals surface area contributed by atoms with Crippen molar-refractivity contribution in [1.29, 1.82) is 0 Å². The highest BCUT2D eigenvalue weighted by Gasteiger charge is 2.51.